The number of aryl methyl sites for hydroxylation is 1. The number of esters is 1. The van der Waals surface area contributed by atoms with Gasteiger partial charge in [0.25, 0.3) is 0 Å². The highest BCUT2D eigenvalue weighted by Crippen LogP contribution is 2.34. The molecule has 4 amide bonds. The molecule has 2 aromatic heterocycles. The predicted molar refractivity (Wildman–Crippen MR) is 219 cm³/mol. The predicted octanol–water partition coefficient (Wildman–Crippen LogP) is 4.93. The van der Waals surface area contributed by atoms with E-state index < -0.39 is 41.4 Å². The van der Waals surface area contributed by atoms with Crippen LogP contribution in [0, 0.1) is 24.2 Å². The number of pyridine rings is 2. The van der Waals surface area contributed by atoms with Crippen LogP contribution in [0.25, 0.3) is 11.3 Å². The summed E-state index contributed by atoms with van der Waals surface area (Å²) in [5, 5.41) is 16.8. The van der Waals surface area contributed by atoms with Crippen LogP contribution in [0.1, 0.15) is 56.6 Å². The highest BCUT2D eigenvalue weighted by atomic mass is 16.5. The summed E-state index contributed by atoms with van der Waals surface area (Å²) in [6.07, 6.45) is 1.46. The van der Waals surface area contributed by atoms with E-state index in [1.54, 1.807) is 34.9 Å². The molecule has 13 heteroatoms. The minimum atomic E-state index is -1.20. The number of rotatable bonds is 17. The van der Waals surface area contributed by atoms with E-state index in [1.165, 1.54) is 0 Å². The monoisotopic (exact) mass is 789 g/mol. The molecule has 2 aromatic carbocycles. The number of nitrogens with zero attached hydrogens (tertiary/aromatic N) is 5. The van der Waals surface area contributed by atoms with E-state index in [-0.39, 0.29) is 44.0 Å². The first-order valence-electron chi connectivity index (χ1n) is 20.1. The van der Waals surface area contributed by atoms with Crippen molar-refractivity contribution in [3.63, 3.8) is 0 Å². The zero-order chi connectivity index (χ0) is 41.4. The number of hydrogen-bond acceptors (Lipinski definition) is 9. The normalized spacial score (nSPS) is 18.4. The Morgan fingerprint density at radius 3 is 2.36 bits per heavy atom. The Morgan fingerprint density at radius 2 is 1.71 bits per heavy atom. The van der Waals surface area contributed by atoms with E-state index in [0.717, 1.165) is 33.8 Å². The summed E-state index contributed by atoms with van der Waals surface area (Å²) in [5.41, 5.74) is 7.28. The third-order valence-corrected chi connectivity index (χ3v) is 11.1. The lowest BCUT2D eigenvalue weighted by Gasteiger charge is -2.35. The van der Waals surface area contributed by atoms with Crippen molar-refractivity contribution < 1.29 is 29.0 Å². The number of amides is 4. The van der Waals surface area contributed by atoms with Crippen LogP contribution in [-0.4, -0.2) is 98.1 Å². The third kappa shape index (κ3) is 10.3. The first-order chi connectivity index (χ1) is 27.8. The highest BCUT2D eigenvalue weighted by Gasteiger charge is 2.49. The molecule has 2 aliphatic heterocycles. The molecule has 0 radical (unpaired) electrons. The first-order valence-corrected chi connectivity index (χ1v) is 20.1. The Hall–Kier alpha value is -5.66. The van der Waals surface area contributed by atoms with E-state index in [9.17, 15) is 24.3 Å². The van der Waals surface area contributed by atoms with Crippen molar-refractivity contribution in [2.24, 2.45) is 17.3 Å². The second-order valence-electron chi connectivity index (χ2n) is 16.2. The molecule has 58 heavy (non-hydrogen) atoms. The second-order valence-corrected chi connectivity index (χ2v) is 16.2. The van der Waals surface area contributed by atoms with E-state index in [2.05, 4.69) is 20.7 Å². The van der Waals surface area contributed by atoms with E-state index >= 15 is 0 Å². The van der Waals surface area contributed by atoms with Gasteiger partial charge in [-0.3, -0.25) is 29.8 Å². The minimum absolute atomic E-state index is 0.0956. The topological polar surface area (TPSA) is 157 Å². The summed E-state index contributed by atoms with van der Waals surface area (Å²) in [6.45, 7) is 10.8. The maximum Gasteiger partial charge on any atom is 0.321 e. The third-order valence-electron chi connectivity index (χ3n) is 11.1. The van der Waals surface area contributed by atoms with Gasteiger partial charge in [0, 0.05) is 49.0 Å². The van der Waals surface area contributed by atoms with Gasteiger partial charge in [-0.05, 0) is 54.7 Å². The number of aliphatic hydroxyl groups is 1. The van der Waals surface area contributed by atoms with Gasteiger partial charge in [0.2, 0.25) is 11.8 Å². The van der Waals surface area contributed by atoms with Crippen LogP contribution in [0.5, 0.6) is 0 Å². The lowest BCUT2D eigenvalue weighted by atomic mass is 9.81. The van der Waals surface area contributed by atoms with E-state index in [0.29, 0.717) is 26.1 Å². The Labute approximate surface area is 340 Å². The minimum Gasteiger partial charge on any atom is -0.464 e. The number of ether oxygens (including phenoxy) is 1. The molecule has 0 aliphatic carbocycles. The molecule has 2 saturated heterocycles. The molecule has 6 rings (SSSR count). The number of aliphatic hydroxyl groups excluding tert-OH is 1. The fraction of sp³-hybridized carbons (Fsp3) is 0.422. The molecular weight excluding hydrogens is 735 g/mol. The lowest BCUT2D eigenvalue weighted by Crippen LogP contribution is -2.58. The highest BCUT2D eigenvalue weighted by molar-refractivity contribution is 5.99. The van der Waals surface area contributed by atoms with Crippen LogP contribution in [0.2, 0.25) is 0 Å². The SMILES string of the molecule is CCC(C)C(C(=O)NC(Cc1ccccc1)C(O)CN(Cc1ccc(-c2ccccn2)cc1)NC(=O)C1C(=O)OCC1(C)C)N1CCN(Cc2cccc(C)n2)C1=O. The summed E-state index contributed by atoms with van der Waals surface area (Å²) in [7, 11) is 0. The van der Waals surface area contributed by atoms with Crippen molar-refractivity contribution in [2.45, 2.75) is 78.7 Å². The molecule has 4 heterocycles. The van der Waals surface area contributed by atoms with Crippen molar-refractivity contribution in [1.82, 2.24) is 35.5 Å². The van der Waals surface area contributed by atoms with Gasteiger partial charge in [-0.25, -0.2) is 9.80 Å². The number of hydrogen-bond donors (Lipinski definition) is 3. The number of carbonyl (C=O) groups is 4. The van der Waals surface area contributed by atoms with Crippen molar-refractivity contribution in [2.75, 3.05) is 26.2 Å². The number of nitrogens with one attached hydrogen (secondary N) is 2. The second kappa shape index (κ2) is 18.7. The number of urea groups is 1. The fourth-order valence-corrected chi connectivity index (χ4v) is 7.70. The van der Waals surface area contributed by atoms with Crippen molar-refractivity contribution in [3.8, 4) is 11.3 Å². The maximum absolute atomic E-state index is 14.5. The van der Waals surface area contributed by atoms with Crippen LogP contribution < -0.4 is 10.7 Å². The van der Waals surface area contributed by atoms with Crippen LogP contribution in [0.3, 0.4) is 0 Å². The fourth-order valence-electron chi connectivity index (χ4n) is 7.70. The summed E-state index contributed by atoms with van der Waals surface area (Å²) >= 11 is 0. The average Bonchev–Trinajstić information content (AvgIpc) is 3.70. The Morgan fingerprint density at radius 1 is 0.966 bits per heavy atom. The molecule has 2 aliphatic rings. The quantitative estimate of drug-likeness (QED) is 0.0768. The van der Waals surface area contributed by atoms with Crippen molar-refractivity contribution in [1.29, 1.82) is 0 Å². The lowest BCUT2D eigenvalue weighted by molar-refractivity contribution is -0.147. The van der Waals surface area contributed by atoms with Crippen molar-refractivity contribution in [3.05, 3.63) is 120 Å². The van der Waals surface area contributed by atoms with Crippen LogP contribution in [0.15, 0.2) is 97.2 Å². The molecule has 0 spiro atoms. The summed E-state index contributed by atoms with van der Waals surface area (Å²) < 4.78 is 5.27. The molecular formula is C45H55N7O6. The number of cyclic esters (lactones) is 1. The van der Waals surface area contributed by atoms with Crippen LogP contribution in [-0.2, 0) is 38.6 Å². The number of benzene rings is 2. The van der Waals surface area contributed by atoms with Gasteiger partial charge >= 0.3 is 12.0 Å². The van der Waals surface area contributed by atoms with E-state index in [4.69, 9.17) is 4.74 Å². The summed E-state index contributed by atoms with van der Waals surface area (Å²) in [5.74, 6) is -2.74. The van der Waals surface area contributed by atoms with Crippen LogP contribution in [0.4, 0.5) is 4.79 Å². The molecule has 5 atom stereocenters. The summed E-state index contributed by atoms with van der Waals surface area (Å²) in [6, 6.07) is 26.8. The van der Waals surface area contributed by atoms with Crippen LogP contribution >= 0.6 is 0 Å². The molecule has 13 nitrogen and oxygen atoms in total. The van der Waals surface area contributed by atoms with Gasteiger partial charge in [0.05, 0.1) is 36.7 Å². The standard InChI is InChI=1S/C45H55N7O6/c1-6-30(2)40(52-24-23-50(44(52)57)27-35-16-12-13-31(3)47-35)42(55)48-37(25-32-14-8-7-9-15-32)38(53)28-51(49-41(54)39-43(56)58-29-45(39,4)5)26-33-18-20-34(21-19-33)36-17-10-11-22-46-36/h7-22,30,37-40,53H,6,23-29H2,1-5H3,(H,48,55)(H,49,54). The number of hydrazine groups is 1. The van der Waals surface area contributed by atoms with Gasteiger partial charge in [0.15, 0.2) is 0 Å². The summed E-state index contributed by atoms with van der Waals surface area (Å²) in [4.78, 5) is 67.3. The van der Waals surface area contributed by atoms with Gasteiger partial charge in [-0.1, -0.05) is 101 Å². The van der Waals surface area contributed by atoms with Crippen molar-refractivity contribution >= 4 is 23.8 Å². The maximum atomic E-state index is 14.5. The first kappa shape index (κ1) is 42.0. The molecule has 0 saturated carbocycles. The molecule has 0 bridgehead atoms. The average molecular weight is 790 g/mol. The molecule has 5 unspecified atom stereocenters. The zero-order valence-electron chi connectivity index (χ0n) is 34.0. The number of carbonyl (C=O) groups excluding carboxylic acids is 4. The van der Waals surface area contributed by atoms with Gasteiger partial charge in [0.1, 0.15) is 12.0 Å². The van der Waals surface area contributed by atoms with Gasteiger partial charge < -0.3 is 25.0 Å². The smallest absolute Gasteiger partial charge is 0.321 e. The van der Waals surface area contributed by atoms with E-state index in [1.807, 2.05) is 112 Å². The Balaban J connectivity index is 1.24. The Kier molecular flexibility index (Phi) is 13.6. The zero-order valence-corrected chi connectivity index (χ0v) is 34.0. The Bertz CT molecular complexity index is 2030. The van der Waals surface area contributed by atoms with Gasteiger partial charge in [-0.2, -0.15) is 0 Å². The molecule has 4 aromatic rings. The molecule has 306 valence electrons. The molecule has 3 N–H and O–H groups in total. The largest absolute Gasteiger partial charge is 0.464 e. The molecule has 2 fully saturated rings. The van der Waals surface area contributed by atoms with Gasteiger partial charge in [-0.15, -0.1) is 0 Å². The number of aromatic nitrogens is 2.